The lowest BCUT2D eigenvalue weighted by molar-refractivity contribution is 0.0980. The third-order valence-corrected chi connectivity index (χ3v) is 13.9. The lowest BCUT2D eigenvalue weighted by Crippen LogP contribution is -2.47. The van der Waals surface area contributed by atoms with Gasteiger partial charge in [0.1, 0.15) is 0 Å². The largest absolute Gasteiger partial charge is 0.378 e. The molecule has 1 aromatic heterocycles. The molecule has 2 heterocycles. The molecule has 60 heavy (non-hydrogen) atoms. The van der Waals surface area contributed by atoms with Crippen LogP contribution in [0.4, 0.5) is 11.4 Å². The monoisotopic (exact) mass is 839 g/mol. The molecule has 1 aliphatic heterocycles. The normalized spacial score (nSPS) is 16.5. The van der Waals surface area contributed by atoms with E-state index >= 15 is 0 Å². The number of nitrogens with one attached hydrogen (secondary N) is 3. The molecule has 6 aromatic rings. The Morgan fingerprint density at radius 2 is 1.65 bits per heavy atom. The molecule has 0 unspecified atom stereocenters. The van der Waals surface area contributed by atoms with Crippen molar-refractivity contribution < 1.29 is 13.2 Å². The number of rotatable bonds is 12. The predicted octanol–water partition coefficient (Wildman–Crippen LogP) is 10.8. The highest BCUT2D eigenvalue weighted by Crippen LogP contribution is 2.43. The highest BCUT2D eigenvalue weighted by molar-refractivity contribution is 7.90. The van der Waals surface area contributed by atoms with Crippen molar-refractivity contribution in [3.05, 3.63) is 165 Å². The summed E-state index contributed by atoms with van der Waals surface area (Å²) >= 11 is 6.26. The molecule has 3 N–H and O–H groups in total. The molecule has 8 rings (SSSR count). The maximum Gasteiger partial charge on any atom is 0.265 e. The molecule has 310 valence electrons. The minimum absolute atomic E-state index is 0.0243. The van der Waals surface area contributed by atoms with Crippen LogP contribution in [0.5, 0.6) is 0 Å². The van der Waals surface area contributed by atoms with E-state index in [2.05, 4.69) is 88.1 Å². The average molecular weight is 841 g/mol. The van der Waals surface area contributed by atoms with Crippen molar-refractivity contribution in [1.82, 2.24) is 14.6 Å². The molecule has 1 amide bonds. The summed E-state index contributed by atoms with van der Waals surface area (Å²) in [6.07, 6.45) is 5.71. The number of hydrogen-bond acceptors (Lipinski definition) is 6. The molecule has 1 atom stereocenters. The molecule has 8 nitrogen and oxygen atoms in total. The number of nitrogens with zero attached hydrogens (tertiary/aromatic N) is 2. The molecule has 0 spiro atoms. The van der Waals surface area contributed by atoms with E-state index in [1.807, 2.05) is 61.7 Å². The molecule has 1 saturated heterocycles. The number of piperazine rings is 1. The second-order valence-electron chi connectivity index (χ2n) is 17.3. The van der Waals surface area contributed by atoms with Gasteiger partial charge in [0, 0.05) is 72.4 Å². The first-order valence-corrected chi connectivity index (χ1v) is 22.8. The number of halogens is 1. The fourth-order valence-electron chi connectivity index (χ4n) is 8.73. The van der Waals surface area contributed by atoms with Crippen LogP contribution in [0.2, 0.25) is 5.02 Å². The van der Waals surface area contributed by atoms with E-state index in [-0.39, 0.29) is 16.4 Å². The Morgan fingerprint density at radius 3 is 2.40 bits per heavy atom. The minimum Gasteiger partial charge on any atom is -0.378 e. The number of carbonyl (C=O) groups is 1. The standard InChI is InChI=1S/C50H54ClN5O3S/c1-34-28-44(16-19-47(34)53-35(2)37-8-6-5-7-9-37)60(58,59)54-49(57)45-17-15-43(31-41(45)30-36-10-18-48-39(29-36)21-23-52-48)56-26-24-55(25-27-56)33-40-20-22-50(3,4)32-46(40)38-11-13-42(51)14-12-38/h5-19,21,23,28-29,31,35,52-53H,20,22,24-27,30,32-33H2,1-4H3,(H,54,57)/t35-/m0/s1. The maximum absolute atomic E-state index is 14.0. The summed E-state index contributed by atoms with van der Waals surface area (Å²) in [6.45, 7) is 13.1. The number of hydrogen-bond donors (Lipinski definition) is 3. The first-order chi connectivity index (χ1) is 28.8. The van der Waals surface area contributed by atoms with Crippen LogP contribution in [0.3, 0.4) is 0 Å². The molecular formula is C50H54ClN5O3S. The van der Waals surface area contributed by atoms with Crippen molar-refractivity contribution in [2.45, 2.75) is 64.3 Å². The van der Waals surface area contributed by atoms with Crippen LogP contribution in [0, 0.1) is 12.3 Å². The first kappa shape index (κ1) is 41.4. The van der Waals surface area contributed by atoms with E-state index in [9.17, 15) is 13.2 Å². The lowest BCUT2D eigenvalue weighted by Gasteiger charge is -2.39. The van der Waals surface area contributed by atoms with E-state index in [4.69, 9.17) is 11.6 Å². The van der Waals surface area contributed by atoms with Gasteiger partial charge in [0.15, 0.2) is 0 Å². The SMILES string of the molecule is Cc1cc(S(=O)(=O)NC(=O)c2ccc(N3CCN(CC4=C(c5ccc(Cl)cc5)CC(C)(C)CC4)CC3)cc2Cc2ccc3[nH]ccc3c2)ccc1N[C@@H](C)c1ccccc1. The Labute approximate surface area is 359 Å². The van der Waals surface area contributed by atoms with E-state index in [0.717, 1.165) is 95.1 Å². The Bertz CT molecular complexity index is 2650. The summed E-state index contributed by atoms with van der Waals surface area (Å²) < 4.78 is 29.9. The molecule has 0 bridgehead atoms. The van der Waals surface area contributed by atoms with Gasteiger partial charge in [-0.05, 0) is 150 Å². The van der Waals surface area contributed by atoms with Crippen LogP contribution < -0.4 is 14.9 Å². The molecule has 0 radical (unpaired) electrons. The Hall–Kier alpha value is -5.35. The van der Waals surface area contributed by atoms with E-state index < -0.39 is 15.9 Å². The number of aromatic amines is 1. The number of sulfonamides is 1. The van der Waals surface area contributed by atoms with Crippen molar-refractivity contribution in [2.24, 2.45) is 5.41 Å². The zero-order valence-corrected chi connectivity index (χ0v) is 36.5. The number of anilines is 2. The number of carbonyl (C=O) groups excluding carboxylic acids is 1. The first-order valence-electron chi connectivity index (χ1n) is 20.9. The molecular weight excluding hydrogens is 786 g/mol. The smallest absolute Gasteiger partial charge is 0.265 e. The highest BCUT2D eigenvalue weighted by Gasteiger charge is 2.30. The topological polar surface area (TPSA) is 97.5 Å². The van der Waals surface area contributed by atoms with Gasteiger partial charge in [0.25, 0.3) is 15.9 Å². The van der Waals surface area contributed by atoms with Crippen LogP contribution in [-0.2, 0) is 16.4 Å². The van der Waals surface area contributed by atoms with Gasteiger partial charge in [-0.3, -0.25) is 9.69 Å². The maximum atomic E-state index is 14.0. The summed E-state index contributed by atoms with van der Waals surface area (Å²) in [6, 6.07) is 37.4. The molecule has 10 heteroatoms. The van der Waals surface area contributed by atoms with Gasteiger partial charge in [-0.2, -0.15) is 0 Å². The number of aryl methyl sites for hydroxylation is 1. The van der Waals surface area contributed by atoms with E-state index in [1.54, 1.807) is 24.3 Å². The number of H-pyrrole nitrogens is 1. The summed E-state index contributed by atoms with van der Waals surface area (Å²) in [5.41, 5.74) is 11.4. The second kappa shape index (κ2) is 17.3. The summed E-state index contributed by atoms with van der Waals surface area (Å²) in [4.78, 5) is 22.3. The van der Waals surface area contributed by atoms with Gasteiger partial charge in [-0.15, -0.1) is 0 Å². The summed E-state index contributed by atoms with van der Waals surface area (Å²) in [5, 5.41) is 5.32. The lowest BCUT2D eigenvalue weighted by atomic mass is 9.72. The fourth-order valence-corrected chi connectivity index (χ4v) is 9.91. The molecule has 0 saturated carbocycles. The summed E-state index contributed by atoms with van der Waals surface area (Å²) in [7, 11) is -4.17. The van der Waals surface area contributed by atoms with Crippen molar-refractivity contribution in [2.75, 3.05) is 42.9 Å². The number of fused-ring (bicyclic) bond motifs is 1. The van der Waals surface area contributed by atoms with Crippen LogP contribution in [0.15, 0.2) is 132 Å². The van der Waals surface area contributed by atoms with Crippen LogP contribution in [0.25, 0.3) is 16.5 Å². The molecule has 2 aliphatic rings. The number of allylic oxidation sites excluding steroid dienone is 1. The third kappa shape index (κ3) is 9.49. The predicted molar refractivity (Wildman–Crippen MR) is 247 cm³/mol. The van der Waals surface area contributed by atoms with Gasteiger partial charge in [-0.25, -0.2) is 13.1 Å². The van der Waals surface area contributed by atoms with Crippen LogP contribution in [0.1, 0.15) is 84.3 Å². The van der Waals surface area contributed by atoms with Crippen molar-refractivity contribution in [3.63, 3.8) is 0 Å². The Morgan fingerprint density at radius 1 is 0.883 bits per heavy atom. The van der Waals surface area contributed by atoms with E-state index in [0.29, 0.717) is 12.0 Å². The number of amides is 1. The van der Waals surface area contributed by atoms with Gasteiger partial charge < -0.3 is 15.2 Å². The van der Waals surface area contributed by atoms with Gasteiger partial charge >= 0.3 is 0 Å². The number of aromatic nitrogens is 1. The van der Waals surface area contributed by atoms with Gasteiger partial charge in [-0.1, -0.05) is 79.6 Å². The quantitative estimate of drug-likeness (QED) is 0.114. The second-order valence-corrected chi connectivity index (χ2v) is 19.4. The van der Waals surface area contributed by atoms with E-state index in [1.165, 1.54) is 23.1 Å². The fraction of sp³-hybridized carbons (Fsp3) is 0.300. The van der Waals surface area contributed by atoms with Crippen LogP contribution in [-0.4, -0.2) is 56.9 Å². The van der Waals surface area contributed by atoms with Crippen molar-refractivity contribution in [1.29, 1.82) is 0 Å². The van der Waals surface area contributed by atoms with Crippen LogP contribution >= 0.6 is 11.6 Å². The minimum atomic E-state index is -4.17. The number of benzene rings is 5. The van der Waals surface area contributed by atoms with Gasteiger partial charge in [0.05, 0.1) is 4.90 Å². The Balaban J connectivity index is 0.998. The average Bonchev–Trinajstić information content (AvgIpc) is 3.71. The van der Waals surface area contributed by atoms with Crippen molar-refractivity contribution in [3.8, 4) is 0 Å². The Kier molecular flexibility index (Phi) is 12.0. The third-order valence-electron chi connectivity index (χ3n) is 12.3. The summed E-state index contributed by atoms with van der Waals surface area (Å²) in [5.74, 6) is -0.651. The highest BCUT2D eigenvalue weighted by atomic mass is 35.5. The van der Waals surface area contributed by atoms with Gasteiger partial charge in [0.2, 0.25) is 0 Å². The van der Waals surface area contributed by atoms with Crippen molar-refractivity contribution >= 4 is 55.4 Å². The molecule has 1 aliphatic carbocycles. The zero-order chi connectivity index (χ0) is 42.0. The molecule has 1 fully saturated rings. The zero-order valence-electron chi connectivity index (χ0n) is 34.9. The molecule has 5 aromatic carbocycles.